The summed E-state index contributed by atoms with van der Waals surface area (Å²) in [6.45, 7) is 1.95. The highest BCUT2D eigenvalue weighted by atomic mass is 32.5. The third-order valence-electron chi connectivity index (χ3n) is 1.99. The largest absolute Gasteiger partial charge is 0.332 e. The van der Waals surface area contributed by atoms with Crippen molar-refractivity contribution in [2.24, 2.45) is 0 Å². The molecule has 8 heteroatoms. The molecule has 0 unspecified atom stereocenters. The van der Waals surface area contributed by atoms with Crippen molar-refractivity contribution < 1.29 is 13.8 Å². The minimum Gasteiger partial charge on any atom is -0.332 e. The van der Waals surface area contributed by atoms with Gasteiger partial charge in [-0.05, 0) is 37.8 Å². The van der Waals surface area contributed by atoms with Gasteiger partial charge in [-0.2, -0.15) is 0 Å². The topological polar surface area (TPSA) is 72.5 Å². The molecule has 1 rings (SSSR count). The van der Waals surface area contributed by atoms with Crippen LogP contribution in [0.4, 0.5) is 4.79 Å². The first-order valence-corrected chi connectivity index (χ1v) is 8.58. The molecule has 0 atom stereocenters. The number of hydrogen-bond donors (Lipinski definition) is 2. The molecular weight excluding hydrogens is 285 g/mol. The number of urea groups is 1. The number of amides is 2. The number of nitrogens with one attached hydrogen (secondary N) is 2. The van der Waals surface area contributed by atoms with Crippen molar-refractivity contribution in [2.75, 3.05) is 13.2 Å². The highest BCUT2D eigenvalue weighted by Gasteiger charge is 2.20. The fourth-order valence-electron chi connectivity index (χ4n) is 1.28. The van der Waals surface area contributed by atoms with Gasteiger partial charge in [0.2, 0.25) is 0 Å². The van der Waals surface area contributed by atoms with E-state index in [1.54, 1.807) is 20.0 Å². The highest BCUT2D eigenvalue weighted by molar-refractivity contribution is 8.09. The fourth-order valence-corrected chi connectivity index (χ4v) is 3.37. The maximum Gasteiger partial charge on any atom is 0.322 e. The Morgan fingerprint density at radius 3 is 2.58 bits per heavy atom. The Morgan fingerprint density at radius 2 is 2.05 bits per heavy atom. The molecule has 0 spiro atoms. The van der Waals surface area contributed by atoms with E-state index in [0.29, 0.717) is 19.8 Å². The van der Waals surface area contributed by atoms with Gasteiger partial charge in [-0.1, -0.05) is 6.07 Å². The van der Waals surface area contributed by atoms with Gasteiger partial charge in [0.25, 0.3) is 6.64 Å². The van der Waals surface area contributed by atoms with E-state index in [1.807, 2.05) is 18.2 Å². The van der Waals surface area contributed by atoms with Crippen LogP contribution in [0.3, 0.4) is 0 Å². The number of nitrogens with zero attached hydrogens (tertiary/aromatic N) is 1. The van der Waals surface area contributed by atoms with Crippen LogP contribution in [0.15, 0.2) is 24.4 Å². The van der Waals surface area contributed by atoms with E-state index in [1.165, 1.54) is 0 Å². The van der Waals surface area contributed by atoms with E-state index >= 15 is 0 Å². The third-order valence-corrected chi connectivity index (χ3v) is 4.57. The quantitative estimate of drug-likeness (QED) is 0.755. The van der Waals surface area contributed by atoms with Gasteiger partial charge in [-0.25, -0.2) is 4.79 Å². The second-order valence-electron chi connectivity index (χ2n) is 3.45. The van der Waals surface area contributed by atoms with E-state index in [4.69, 9.17) is 20.9 Å². The lowest BCUT2D eigenvalue weighted by Crippen LogP contribution is -2.34. The minimum absolute atomic E-state index is 0.320. The molecule has 2 amide bonds. The average molecular weight is 303 g/mol. The molecule has 0 aliphatic rings. The lowest BCUT2D eigenvalue weighted by atomic mass is 10.3. The Hall–Kier alpha value is -1.01. The maximum absolute atomic E-state index is 11.7. The zero-order valence-electron chi connectivity index (χ0n) is 11.0. The van der Waals surface area contributed by atoms with Crippen LogP contribution >= 0.6 is 6.64 Å². The number of rotatable bonds is 7. The molecular formula is C11H18N3O3PS. The highest BCUT2D eigenvalue weighted by Crippen LogP contribution is 2.43. The van der Waals surface area contributed by atoms with Gasteiger partial charge in [0, 0.05) is 6.20 Å². The van der Waals surface area contributed by atoms with Crippen LogP contribution in [-0.4, -0.2) is 24.2 Å². The maximum atomic E-state index is 11.7. The first-order chi connectivity index (χ1) is 9.09. The summed E-state index contributed by atoms with van der Waals surface area (Å²) in [5.41, 5.74) is 0.763. The summed E-state index contributed by atoms with van der Waals surface area (Å²) in [4.78, 5) is 15.8. The zero-order chi connectivity index (χ0) is 14.1. The Morgan fingerprint density at radius 1 is 1.37 bits per heavy atom. The van der Waals surface area contributed by atoms with Crippen molar-refractivity contribution >= 4 is 24.5 Å². The lowest BCUT2D eigenvalue weighted by molar-refractivity contribution is 0.233. The van der Waals surface area contributed by atoms with Crippen LogP contribution in [0.5, 0.6) is 0 Å². The predicted molar refractivity (Wildman–Crippen MR) is 77.1 cm³/mol. The number of aromatic nitrogens is 1. The molecule has 106 valence electrons. The normalized spacial score (nSPS) is 11.1. The molecule has 0 aliphatic carbocycles. The standard InChI is InChI=1S/C11H18N3O3PS/c1-3-16-18(19,17-4-2)14-11(15)13-9-10-7-5-6-8-12-10/h5-8H,3-4,9H2,1-2H3,(H2,13,14,15,19). The van der Waals surface area contributed by atoms with Gasteiger partial charge in [0.05, 0.1) is 25.5 Å². The summed E-state index contributed by atoms with van der Waals surface area (Å²) < 4.78 is 10.6. The van der Waals surface area contributed by atoms with Gasteiger partial charge < -0.3 is 14.4 Å². The van der Waals surface area contributed by atoms with Crippen molar-refractivity contribution in [3.8, 4) is 0 Å². The molecule has 0 bridgehead atoms. The summed E-state index contributed by atoms with van der Waals surface area (Å²) in [6, 6.07) is 5.07. The minimum atomic E-state index is -2.75. The van der Waals surface area contributed by atoms with Crippen molar-refractivity contribution in [3.05, 3.63) is 30.1 Å². The van der Waals surface area contributed by atoms with Gasteiger partial charge in [-0.15, -0.1) is 0 Å². The molecule has 0 saturated heterocycles. The van der Waals surface area contributed by atoms with E-state index < -0.39 is 12.7 Å². The SMILES string of the molecule is CCOP(=S)(NC(=O)NCc1ccccn1)OCC. The Balaban J connectivity index is 2.47. The monoisotopic (exact) mass is 303 g/mol. The van der Waals surface area contributed by atoms with Crippen LogP contribution < -0.4 is 10.4 Å². The number of pyridine rings is 1. The second kappa shape index (κ2) is 8.22. The van der Waals surface area contributed by atoms with Gasteiger partial charge in [0.15, 0.2) is 0 Å². The molecule has 1 heterocycles. The van der Waals surface area contributed by atoms with Crippen molar-refractivity contribution in [1.82, 2.24) is 15.4 Å². The van der Waals surface area contributed by atoms with Crippen LogP contribution in [0, 0.1) is 0 Å². The van der Waals surface area contributed by atoms with Crippen LogP contribution in [0.1, 0.15) is 19.5 Å². The predicted octanol–water partition coefficient (Wildman–Crippen LogP) is 2.18. The summed E-state index contributed by atoms with van der Waals surface area (Å²) in [6.07, 6.45) is 1.67. The van der Waals surface area contributed by atoms with Crippen LogP contribution in [0.2, 0.25) is 0 Å². The molecule has 0 radical (unpaired) electrons. The Bertz CT molecular complexity index is 434. The number of carbonyl (C=O) groups is 1. The molecule has 0 aromatic carbocycles. The zero-order valence-corrected chi connectivity index (χ0v) is 12.7. The second-order valence-corrected chi connectivity index (χ2v) is 6.63. The van der Waals surface area contributed by atoms with E-state index in [2.05, 4.69) is 15.4 Å². The molecule has 19 heavy (non-hydrogen) atoms. The summed E-state index contributed by atoms with van der Waals surface area (Å²) in [7, 11) is 0. The van der Waals surface area contributed by atoms with Gasteiger partial charge in [-0.3, -0.25) is 10.1 Å². The van der Waals surface area contributed by atoms with E-state index in [-0.39, 0.29) is 0 Å². The molecule has 2 N–H and O–H groups in total. The van der Waals surface area contributed by atoms with Gasteiger partial charge >= 0.3 is 6.03 Å². The Kier molecular flexibility index (Phi) is 6.94. The summed E-state index contributed by atoms with van der Waals surface area (Å²) in [5, 5.41) is 5.23. The lowest BCUT2D eigenvalue weighted by Gasteiger charge is -2.21. The smallest absolute Gasteiger partial charge is 0.322 e. The van der Waals surface area contributed by atoms with Crippen LogP contribution in [0.25, 0.3) is 0 Å². The molecule has 1 aromatic rings. The third kappa shape index (κ3) is 6.11. The first-order valence-electron chi connectivity index (χ1n) is 5.94. The number of hydrogen-bond acceptors (Lipinski definition) is 5. The van der Waals surface area contributed by atoms with Crippen molar-refractivity contribution in [3.63, 3.8) is 0 Å². The molecule has 1 aromatic heterocycles. The molecule has 0 saturated carbocycles. The summed E-state index contributed by atoms with van der Waals surface area (Å²) in [5.74, 6) is 0. The van der Waals surface area contributed by atoms with Crippen LogP contribution in [-0.2, 0) is 27.4 Å². The molecule has 6 nitrogen and oxygen atoms in total. The van der Waals surface area contributed by atoms with Gasteiger partial charge in [0.1, 0.15) is 0 Å². The average Bonchev–Trinajstić information content (AvgIpc) is 2.38. The molecule has 0 aliphatic heterocycles. The van der Waals surface area contributed by atoms with E-state index in [9.17, 15) is 4.79 Å². The number of carbonyl (C=O) groups excluding carboxylic acids is 1. The van der Waals surface area contributed by atoms with E-state index in [0.717, 1.165) is 5.69 Å². The first kappa shape index (κ1) is 16.0. The summed E-state index contributed by atoms with van der Waals surface area (Å²) >= 11 is 5.19. The van der Waals surface area contributed by atoms with Crippen molar-refractivity contribution in [2.45, 2.75) is 20.4 Å². The fraction of sp³-hybridized carbons (Fsp3) is 0.455. The van der Waals surface area contributed by atoms with Crippen molar-refractivity contribution in [1.29, 1.82) is 0 Å². The molecule has 0 fully saturated rings. The Labute approximate surface area is 118 Å².